The molecule has 2 amide bonds. The van der Waals surface area contributed by atoms with Crippen LogP contribution in [0.2, 0.25) is 0 Å². The third-order valence-electron chi connectivity index (χ3n) is 6.16. The number of hydroxylamine groups is 1. The Bertz CT molecular complexity index is 790. The fourth-order valence-electron chi connectivity index (χ4n) is 4.30. The van der Waals surface area contributed by atoms with Crippen LogP contribution in [-0.2, 0) is 9.59 Å². The molecule has 1 spiro atoms. The smallest absolute Gasteiger partial charge is 0.248 e. The Kier molecular flexibility index (Phi) is 4.74. The zero-order chi connectivity index (χ0) is 19.0. The summed E-state index contributed by atoms with van der Waals surface area (Å²) >= 11 is 0. The predicted octanol–water partition coefficient (Wildman–Crippen LogP) is 1.71. The van der Waals surface area contributed by atoms with Crippen LogP contribution in [0.1, 0.15) is 31.2 Å². The molecule has 2 heterocycles. The van der Waals surface area contributed by atoms with Gasteiger partial charge in [-0.3, -0.25) is 14.8 Å². The Morgan fingerprint density at radius 1 is 1.30 bits per heavy atom. The van der Waals surface area contributed by atoms with Gasteiger partial charge in [-0.25, -0.2) is 9.87 Å². The van der Waals surface area contributed by atoms with Gasteiger partial charge in [-0.15, -0.1) is 0 Å². The molecule has 0 bridgehead atoms. The lowest BCUT2D eigenvalue weighted by molar-refractivity contribution is -0.144. The SMILES string of the molecule is O=C(NO)C1CC2(CC2)CNC1C(=O)N1CC=C(c2ccccc2F)CC1. The zero-order valence-corrected chi connectivity index (χ0v) is 15.1. The third kappa shape index (κ3) is 3.49. The van der Waals surface area contributed by atoms with Gasteiger partial charge in [0.05, 0.1) is 12.0 Å². The van der Waals surface area contributed by atoms with E-state index in [0.29, 0.717) is 31.5 Å². The fourth-order valence-corrected chi connectivity index (χ4v) is 4.30. The van der Waals surface area contributed by atoms with E-state index in [1.54, 1.807) is 28.6 Å². The van der Waals surface area contributed by atoms with Crippen LogP contribution in [-0.4, -0.2) is 47.6 Å². The van der Waals surface area contributed by atoms with Crippen LogP contribution in [0.15, 0.2) is 30.3 Å². The molecule has 2 unspecified atom stereocenters. The van der Waals surface area contributed by atoms with Crippen molar-refractivity contribution in [3.8, 4) is 0 Å². The third-order valence-corrected chi connectivity index (χ3v) is 6.16. The molecule has 7 heteroatoms. The van der Waals surface area contributed by atoms with Gasteiger partial charge in [-0.2, -0.15) is 0 Å². The van der Waals surface area contributed by atoms with Gasteiger partial charge < -0.3 is 10.2 Å². The lowest BCUT2D eigenvalue weighted by Crippen LogP contribution is -2.59. The lowest BCUT2D eigenvalue weighted by Gasteiger charge is -2.38. The molecule has 1 saturated carbocycles. The number of hydrogen-bond donors (Lipinski definition) is 3. The summed E-state index contributed by atoms with van der Waals surface area (Å²) in [7, 11) is 0. The van der Waals surface area contributed by atoms with Gasteiger partial charge in [-0.1, -0.05) is 24.3 Å². The standard InChI is InChI=1S/C20H24FN3O3/c21-16-4-2-1-3-14(16)13-5-9-24(10-6-13)19(26)17-15(18(25)23-27)11-20(7-8-20)12-22-17/h1-5,15,17,22,27H,6-12H2,(H,23,25). The van der Waals surface area contributed by atoms with E-state index in [4.69, 9.17) is 5.21 Å². The number of halogens is 1. The maximum atomic E-state index is 14.0. The Labute approximate surface area is 157 Å². The number of carbonyl (C=O) groups excluding carboxylic acids is 2. The van der Waals surface area contributed by atoms with Gasteiger partial charge in [0.1, 0.15) is 5.82 Å². The van der Waals surface area contributed by atoms with Crippen LogP contribution in [0, 0.1) is 17.2 Å². The first-order valence-electron chi connectivity index (χ1n) is 9.43. The minimum absolute atomic E-state index is 0.105. The molecule has 6 nitrogen and oxygen atoms in total. The molecule has 1 saturated heterocycles. The second kappa shape index (κ2) is 7.05. The van der Waals surface area contributed by atoms with Crippen LogP contribution in [0.5, 0.6) is 0 Å². The molecule has 3 N–H and O–H groups in total. The van der Waals surface area contributed by atoms with Gasteiger partial charge in [0, 0.05) is 25.2 Å². The molecule has 144 valence electrons. The van der Waals surface area contributed by atoms with Gasteiger partial charge in [0.25, 0.3) is 0 Å². The van der Waals surface area contributed by atoms with E-state index in [9.17, 15) is 14.0 Å². The number of nitrogens with one attached hydrogen (secondary N) is 2. The van der Waals surface area contributed by atoms with Crippen LogP contribution in [0.4, 0.5) is 4.39 Å². The van der Waals surface area contributed by atoms with Gasteiger partial charge in [-0.05, 0) is 42.7 Å². The molecular weight excluding hydrogens is 349 g/mol. The van der Waals surface area contributed by atoms with Gasteiger partial charge in [0.15, 0.2) is 0 Å². The van der Waals surface area contributed by atoms with E-state index in [-0.39, 0.29) is 17.1 Å². The second-order valence-electron chi connectivity index (χ2n) is 7.89. The highest BCUT2D eigenvalue weighted by molar-refractivity contribution is 5.90. The van der Waals surface area contributed by atoms with E-state index >= 15 is 0 Å². The number of rotatable bonds is 3. The Morgan fingerprint density at radius 2 is 2.07 bits per heavy atom. The van der Waals surface area contributed by atoms with Crippen molar-refractivity contribution in [2.75, 3.05) is 19.6 Å². The molecular formula is C20H24FN3O3. The molecule has 2 aliphatic heterocycles. The monoisotopic (exact) mass is 373 g/mol. The van der Waals surface area contributed by atoms with E-state index in [1.807, 2.05) is 6.08 Å². The Balaban J connectivity index is 1.46. The van der Waals surface area contributed by atoms with Crippen LogP contribution in [0.3, 0.4) is 0 Å². The van der Waals surface area contributed by atoms with Crippen molar-refractivity contribution in [2.24, 2.45) is 11.3 Å². The number of nitrogens with zero attached hydrogens (tertiary/aromatic N) is 1. The lowest BCUT2D eigenvalue weighted by atomic mass is 9.81. The minimum Gasteiger partial charge on any atom is -0.337 e. The summed E-state index contributed by atoms with van der Waals surface area (Å²) in [5.74, 6) is -1.48. The summed E-state index contributed by atoms with van der Waals surface area (Å²) < 4.78 is 14.0. The van der Waals surface area contributed by atoms with E-state index in [2.05, 4.69) is 5.32 Å². The number of hydrogen-bond acceptors (Lipinski definition) is 4. The molecule has 27 heavy (non-hydrogen) atoms. The van der Waals surface area contributed by atoms with Crippen molar-refractivity contribution in [3.05, 3.63) is 41.7 Å². The highest BCUT2D eigenvalue weighted by Crippen LogP contribution is 2.52. The first-order chi connectivity index (χ1) is 13.0. The van der Waals surface area contributed by atoms with Gasteiger partial charge >= 0.3 is 0 Å². The molecule has 0 radical (unpaired) electrons. The number of piperidine rings is 1. The van der Waals surface area contributed by atoms with Crippen molar-refractivity contribution in [3.63, 3.8) is 0 Å². The summed E-state index contributed by atoms with van der Waals surface area (Å²) in [5.41, 5.74) is 3.30. The summed E-state index contributed by atoms with van der Waals surface area (Å²) in [6.45, 7) is 1.60. The first-order valence-corrected chi connectivity index (χ1v) is 9.43. The Hall–Kier alpha value is -2.25. The number of carbonyl (C=O) groups is 2. The minimum atomic E-state index is -0.633. The van der Waals surface area contributed by atoms with Crippen molar-refractivity contribution in [2.45, 2.75) is 31.7 Å². The molecule has 2 fully saturated rings. The molecule has 2 atom stereocenters. The van der Waals surface area contributed by atoms with Crippen LogP contribution >= 0.6 is 0 Å². The molecule has 1 aromatic carbocycles. The molecule has 4 rings (SSSR count). The van der Waals surface area contributed by atoms with Gasteiger partial charge in [0.2, 0.25) is 11.8 Å². The summed E-state index contributed by atoms with van der Waals surface area (Å²) in [4.78, 5) is 26.9. The van der Waals surface area contributed by atoms with Crippen molar-refractivity contribution in [1.82, 2.24) is 15.7 Å². The highest BCUT2D eigenvalue weighted by atomic mass is 19.1. The first kappa shape index (κ1) is 18.1. The molecule has 3 aliphatic rings. The molecule has 1 aromatic rings. The van der Waals surface area contributed by atoms with Crippen LogP contribution in [0.25, 0.3) is 5.57 Å². The normalized spacial score (nSPS) is 26.4. The number of amides is 2. The van der Waals surface area contributed by atoms with E-state index in [1.165, 1.54) is 6.07 Å². The number of benzene rings is 1. The van der Waals surface area contributed by atoms with Crippen molar-refractivity contribution in [1.29, 1.82) is 0 Å². The maximum absolute atomic E-state index is 14.0. The topological polar surface area (TPSA) is 81.7 Å². The molecule has 0 aromatic heterocycles. The largest absolute Gasteiger partial charge is 0.337 e. The predicted molar refractivity (Wildman–Crippen MR) is 97.1 cm³/mol. The zero-order valence-electron chi connectivity index (χ0n) is 15.1. The maximum Gasteiger partial charge on any atom is 0.248 e. The van der Waals surface area contributed by atoms with Crippen LogP contribution < -0.4 is 10.8 Å². The average molecular weight is 373 g/mol. The summed E-state index contributed by atoms with van der Waals surface area (Å²) in [5, 5.41) is 12.3. The summed E-state index contributed by atoms with van der Waals surface area (Å²) in [6, 6.07) is 6.01. The fraction of sp³-hybridized carbons (Fsp3) is 0.500. The van der Waals surface area contributed by atoms with Crippen molar-refractivity contribution >= 4 is 17.4 Å². The van der Waals surface area contributed by atoms with E-state index in [0.717, 1.165) is 25.0 Å². The highest BCUT2D eigenvalue weighted by Gasteiger charge is 2.52. The van der Waals surface area contributed by atoms with Crippen molar-refractivity contribution < 1.29 is 19.2 Å². The molecule has 1 aliphatic carbocycles. The summed E-state index contributed by atoms with van der Waals surface area (Å²) in [6.07, 6.45) is 5.17. The van der Waals surface area contributed by atoms with E-state index < -0.39 is 17.9 Å². The quantitative estimate of drug-likeness (QED) is 0.557. The average Bonchev–Trinajstić information content (AvgIpc) is 3.46. The Morgan fingerprint density at radius 3 is 2.70 bits per heavy atom. The second-order valence-corrected chi connectivity index (χ2v) is 7.89.